The molecule has 0 aliphatic carbocycles. The van der Waals surface area contributed by atoms with Gasteiger partial charge < -0.3 is 14.2 Å². The predicted molar refractivity (Wildman–Crippen MR) is 251 cm³/mol. The summed E-state index contributed by atoms with van der Waals surface area (Å²) >= 11 is 0. The van der Waals surface area contributed by atoms with E-state index in [1.54, 1.807) is 0 Å². The second-order valence-electron chi connectivity index (χ2n) is 15.3. The van der Waals surface area contributed by atoms with Crippen LogP contribution in [0.25, 0.3) is 0 Å². The average Bonchev–Trinajstić information content (AvgIpc) is 3.23. The van der Waals surface area contributed by atoms with Crippen LogP contribution in [0.3, 0.4) is 0 Å². The van der Waals surface area contributed by atoms with Crippen LogP contribution in [0.2, 0.25) is 0 Å². The first-order chi connectivity index (χ1) is 29.0. The van der Waals surface area contributed by atoms with Gasteiger partial charge in [-0.05, 0) is 109 Å². The Hall–Kier alpha value is -3.67. The maximum Gasteiger partial charge on any atom is 0.306 e. The highest BCUT2D eigenvalue weighted by Crippen LogP contribution is 2.12. The molecule has 0 spiro atoms. The highest BCUT2D eigenvalue weighted by molar-refractivity contribution is 5.71. The molecule has 0 aliphatic rings. The summed E-state index contributed by atoms with van der Waals surface area (Å²) in [4.78, 5) is 37.8. The number of allylic oxidation sites excluding steroid dienone is 16. The van der Waals surface area contributed by atoms with Crippen molar-refractivity contribution >= 4 is 17.9 Å². The summed E-state index contributed by atoms with van der Waals surface area (Å²) < 4.78 is 16.7. The van der Waals surface area contributed by atoms with Crippen molar-refractivity contribution in [3.05, 3.63) is 97.2 Å². The molecule has 0 saturated heterocycles. The van der Waals surface area contributed by atoms with Gasteiger partial charge in [-0.25, -0.2) is 0 Å². The van der Waals surface area contributed by atoms with Gasteiger partial charge in [0, 0.05) is 19.3 Å². The van der Waals surface area contributed by atoms with E-state index in [2.05, 4.69) is 118 Å². The van der Waals surface area contributed by atoms with E-state index in [9.17, 15) is 14.4 Å². The molecule has 0 N–H and O–H groups in total. The van der Waals surface area contributed by atoms with E-state index in [0.29, 0.717) is 12.8 Å². The van der Waals surface area contributed by atoms with Crippen LogP contribution < -0.4 is 0 Å². The molecule has 0 aromatic carbocycles. The number of hydrogen-bond donors (Lipinski definition) is 0. The smallest absolute Gasteiger partial charge is 0.306 e. The zero-order valence-corrected chi connectivity index (χ0v) is 38.0. The molecule has 0 fully saturated rings. The van der Waals surface area contributed by atoms with Crippen molar-refractivity contribution in [1.29, 1.82) is 0 Å². The number of ether oxygens (including phenoxy) is 3. The summed E-state index contributed by atoms with van der Waals surface area (Å²) in [6.07, 6.45) is 61.0. The second-order valence-corrected chi connectivity index (χ2v) is 15.3. The van der Waals surface area contributed by atoms with E-state index in [-0.39, 0.29) is 37.5 Å². The third-order valence-corrected chi connectivity index (χ3v) is 9.58. The topological polar surface area (TPSA) is 78.9 Å². The maximum atomic E-state index is 12.7. The zero-order chi connectivity index (χ0) is 43.0. The standard InChI is InChI=1S/C53H86O6/c1-4-7-10-13-16-19-22-25-27-29-31-34-37-40-43-46-52(55)58-49-50(48-57-51(54)45-42-39-36-33-30-24-21-18-15-12-9-6-3)59-53(56)47-44-41-38-35-32-28-26-23-20-17-14-11-8-5-2/h8-9,11-12,16-22,25-26,28,30,33,50H,4-7,10,13-15,23-24,27,29,31-32,34-49H2,1-3H3/b11-8-,12-9-,19-16-,20-17-,21-18-,25-22-,28-26-,33-30-. The summed E-state index contributed by atoms with van der Waals surface area (Å²) in [7, 11) is 0. The fourth-order valence-corrected chi connectivity index (χ4v) is 6.05. The van der Waals surface area contributed by atoms with E-state index in [0.717, 1.165) is 122 Å². The predicted octanol–water partition coefficient (Wildman–Crippen LogP) is 15.4. The van der Waals surface area contributed by atoms with Crippen LogP contribution in [0.1, 0.15) is 201 Å². The van der Waals surface area contributed by atoms with Gasteiger partial charge in [0.15, 0.2) is 6.10 Å². The molecule has 0 heterocycles. The molecular formula is C53H86O6. The first-order valence-corrected chi connectivity index (χ1v) is 23.8. The minimum absolute atomic E-state index is 0.107. The fraction of sp³-hybridized carbons (Fsp3) is 0.642. The lowest BCUT2D eigenvalue weighted by atomic mass is 10.1. The summed E-state index contributed by atoms with van der Waals surface area (Å²) in [5, 5.41) is 0. The number of carbonyl (C=O) groups excluding carboxylic acids is 3. The molecule has 1 unspecified atom stereocenters. The van der Waals surface area contributed by atoms with Gasteiger partial charge in [0.2, 0.25) is 0 Å². The van der Waals surface area contributed by atoms with Crippen molar-refractivity contribution in [3.63, 3.8) is 0 Å². The first-order valence-electron chi connectivity index (χ1n) is 23.8. The van der Waals surface area contributed by atoms with E-state index in [1.165, 1.54) is 38.5 Å². The normalized spacial score (nSPS) is 12.9. The zero-order valence-electron chi connectivity index (χ0n) is 38.0. The highest BCUT2D eigenvalue weighted by Gasteiger charge is 2.19. The Morgan fingerprint density at radius 2 is 0.712 bits per heavy atom. The van der Waals surface area contributed by atoms with Crippen LogP contribution in [-0.2, 0) is 28.6 Å². The Kier molecular flexibility index (Phi) is 44.1. The van der Waals surface area contributed by atoms with Crippen molar-refractivity contribution < 1.29 is 28.6 Å². The van der Waals surface area contributed by atoms with E-state index >= 15 is 0 Å². The molecule has 6 heteroatoms. The van der Waals surface area contributed by atoms with Crippen LogP contribution in [-0.4, -0.2) is 37.2 Å². The van der Waals surface area contributed by atoms with E-state index in [1.807, 2.05) is 0 Å². The van der Waals surface area contributed by atoms with Crippen molar-refractivity contribution in [2.24, 2.45) is 0 Å². The van der Waals surface area contributed by atoms with Crippen LogP contribution >= 0.6 is 0 Å². The van der Waals surface area contributed by atoms with E-state index in [4.69, 9.17) is 14.2 Å². The van der Waals surface area contributed by atoms with Gasteiger partial charge in [-0.2, -0.15) is 0 Å². The van der Waals surface area contributed by atoms with Crippen LogP contribution in [0, 0.1) is 0 Å². The summed E-state index contributed by atoms with van der Waals surface area (Å²) in [5.41, 5.74) is 0. The molecule has 59 heavy (non-hydrogen) atoms. The third-order valence-electron chi connectivity index (χ3n) is 9.58. The van der Waals surface area contributed by atoms with Gasteiger partial charge >= 0.3 is 17.9 Å². The summed E-state index contributed by atoms with van der Waals surface area (Å²) in [6.45, 7) is 6.29. The number of rotatable bonds is 41. The van der Waals surface area contributed by atoms with Crippen molar-refractivity contribution in [1.82, 2.24) is 0 Å². The number of carbonyl (C=O) groups is 3. The Balaban J connectivity index is 4.50. The summed E-state index contributed by atoms with van der Waals surface area (Å²) in [6, 6.07) is 0. The molecule has 1 atom stereocenters. The number of unbranched alkanes of at least 4 members (excludes halogenated alkanes) is 15. The highest BCUT2D eigenvalue weighted by atomic mass is 16.6. The Labute approximate surface area is 362 Å². The van der Waals surface area contributed by atoms with Gasteiger partial charge in [0.1, 0.15) is 13.2 Å². The minimum Gasteiger partial charge on any atom is -0.462 e. The van der Waals surface area contributed by atoms with Crippen LogP contribution in [0.15, 0.2) is 97.2 Å². The first kappa shape index (κ1) is 55.3. The van der Waals surface area contributed by atoms with Gasteiger partial charge in [-0.3, -0.25) is 14.4 Å². The van der Waals surface area contributed by atoms with Crippen molar-refractivity contribution in [2.45, 2.75) is 207 Å². The molecule has 0 rings (SSSR count). The monoisotopic (exact) mass is 819 g/mol. The van der Waals surface area contributed by atoms with Crippen molar-refractivity contribution in [3.8, 4) is 0 Å². The van der Waals surface area contributed by atoms with Crippen LogP contribution in [0.4, 0.5) is 0 Å². The van der Waals surface area contributed by atoms with Crippen LogP contribution in [0.5, 0.6) is 0 Å². The third kappa shape index (κ3) is 45.3. The molecule has 0 saturated carbocycles. The lowest BCUT2D eigenvalue weighted by molar-refractivity contribution is -0.167. The lowest BCUT2D eigenvalue weighted by Crippen LogP contribution is -2.30. The maximum absolute atomic E-state index is 12.7. The Bertz CT molecular complexity index is 1220. The minimum atomic E-state index is -0.809. The van der Waals surface area contributed by atoms with Gasteiger partial charge in [0.05, 0.1) is 0 Å². The molecule has 0 aromatic rings. The summed E-state index contributed by atoms with van der Waals surface area (Å²) in [5.74, 6) is -0.989. The fourth-order valence-electron chi connectivity index (χ4n) is 6.05. The Morgan fingerprint density at radius 1 is 0.373 bits per heavy atom. The molecule has 0 aromatic heterocycles. The largest absolute Gasteiger partial charge is 0.462 e. The lowest BCUT2D eigenvalue weighted by Gasteiger charge is -2.18. The second kappa shape index (κ2) is 47.0. The molecule has 334 valence electrons. The van der Waals surface area contributed by atoms with Gasteiger partial charge in [-0.1, -0.05) is 169 Å². The van der Waals surface area contributed by atoms with Gasteiger partial charge in [0.25, 0.3) is 0 Å². The molecule has 6 nitrogen and oxygen atoms in total. The van der Waals surface area contributed by atoms with E-state index < -0.39 is 6.10 Å². The van der Waals surface area contributed by atoms with Gasteiger partial charge in [-0.15, -0.1) is 0 Å². The number of hydrogen-bond acceptors (Lipinski definition) is 6. The number of esters is 3. The SMILES string of the molecule is CC/C=C\C/C=C\C/C=C\CCCCCCC(=O)OC(COC(=O)CCCC/C=C\C/C=C\C/C=C\CC)COC(=O)CCCCCCCC/C=C\C=C/CCCCC. The Morgan fingerprint density at radius 3 is 1.17 bits per heavy atom. The molecule has 0 amide bonds. The average molecular weight is 819 g/mol. The van der Waals surface area contributed by atoms with Crippen molar-refractivity contribution in [2.75, 3.05) is 13.2 Å². The molecule has 0 radical (unpaired) electrons. The molecular weight excluding hydrogens is 733 g/mol. The quantitative estimate of drug-likeness (QED) is 0.0201. The molecule has 0 aliphatic heterocycles. The molecule has 0 bridgehead atoms.